The molecule has 0 fully saturated rings. The Balaban J connectivity index is 1.61. The van der Waals surface area contributed by atoms with Crippen LogP contribution in [0, 0.1) is 22.7 Å². The molecule has 4 aromatic rings. The number of thioether (sulfide) groups is 1. The number of aromatic nitrogens is 2. The first kappa shape index (κ1) is 20.4. The summed E-state index contributed by atoms with van der Waals surface area (Å²) in [6, 6.07) is 15.2. The standard InChI is InChI=1S/C22H14N6OS2/c23-9-15-20(13-6-8-30-11-13)16(10-24)22(28-21(15)25)31-12-19(29)27-18-5-1-4-17-14(18)3-2-7-26-17/h1-8,11H,12H2,(H2,25,28)(H,27,29). The number of pyridine rings is 2. The van der Waals surface area contributed by atoms with Gasteiger partial charge in [-0.05, 0) is 46.7 Å². The van der Waals surface area contributed by atoms with Gasteiger partial charge in [-0.15, -0.1) is 0 Å². The molecule has 0 saturated carbocycles. The third-order valence-electron chi connectivity index (χ3n) is 4.49. The van der Waals surface area contributed by atoms with Gasteiger partial charge in [0.25, 0.3) is 0 Å². The number of benzene rings is 1. The van der Waals surface area contributed by atoms with E-state index in [0.717, 1.165) is 28.2 Å². The molecule has 0 atom stereocenters. The van der Waals surface area contributed by atoms with Crippen LogP contribution in [0.2, 0.25) is 0 Å². The summed E-state index contributed by atoms with van der Waals surface area (Å²) in [6.07, 6.45) is 1.69. The summed E-state index contributed by atoms with van der Waals surface area (Å²) in [6.45, 7) is 0. The summed E-state index contributed by atoms with van der Waals surface area (Å²) in [5.41, 5.74) is 8.99. The fraction of sp³-hybridized carbons (Fsp3) is 0.0455. The van der Waals surface area contributed by atoms with Crippen LogP contribution in [0.1, 0.15) is 11.1 Å². The highest BCUT2D eigenvalue weighted by Gasteiger charge is 2.21. The molecule has 0 bridgehead atoms. The summed E-state index contributed by atoms with van der Waals surface area (Å²) in [4.78, 5) is 21.1. The number of thiophene rings is 1. The molecule has 1 amide bonds. The number of anilines is 2. The molecule has 0 spiro atoms. The zero-order valence-electron chi connectivity index (χ0n) is 16.0. The van der Waals surface area contributed by atoms with Crippen molar-refractivity contribution in [3.05, 3.63) is 64.5 Å². The van der Waals surface area contributed by atoms with Crippen molar-refractivity contribution in [3.8, 4) is 23.3 Å². The first-order valence-electron chi connectivity index (χ1n) is 9.05. The SMILES string of the molecule is N#Cc1c(N)nc(SCC(=O)Nc2cccc3ncccc23)c(C#N)c1-c1ccsc1. The molecule has 3 aromatic heterocycles. The van der Waals surface area contributed by atoms with Crippen molar-refractivity contribution in [1.82, 2.24) is 9.97 Å². The summed E-state index contributed by atoms with van der Waals surface area (Å²) in [5, 5.41) is 27.0. The van der Waals surface area contributed by atoms with Gasteiger partial charge in [0.15, 0.2) is 0 Å². The maximum atomic E-state index is 12.6. The van der Waals surface area contributed by atoms with Crippen LogP contribution in [0.3, 0.4) is 0 Å². The van der Waals surface area contributed by atoms with Crippen molar-refractivity contribution < 1.29 is 4.79 Å². The summed E-state index contributed by atoms with van der Waals surface area (Å²) >= 11 is 2.55. The first-order valence-corrected chi connectivity index (χ1v) is 11.0. The van der Waals surface area contributed by atoms with Crippen molar-refractivity contribution in [2.45, 2.75) is 5.03 Å². The second-order valence-corrected chi connectivity index (χ2v) is 8.12. The van der Waals surface area contributed by atoms with Crippen LogP contribution in [0.5, 0.6) is 0 Å². The van der Waals surface area contributed by atoms with Crippen LogP contribution in [0.4, 0.5) is 11.5 Å². The van der Waals surface area contributed by atoms with Gasteiger partial charge in [-0.25, -0.2) is 4.98 Å². The van der Waals surface area contributed by atoms with E-state index < -0.39 is 0 Å². The third-order valence-corrected chi connectivity index (χ3v) is 6.14. The number of carbonyl (C=O) groups is 1. The molecule has 7 nitrogen and oxygen atoms in total. The van der Waals surface area contributed by atoms with Crippen molar-refractivity contribution >= 4 is 51.4 Å². The van der Waals surface area contributed by atoms with Gasteiger partial charge in [0.05, 0.1) is 22.5 Å². The van der Waals surface area contributed by atoms with Gasteiger partial charge in [-0.1, -0.05) is 17.8 Å². The maximum Gasteiger partial charge on any atom is 0.234 e. The van der Waals surface area contributed by atoms with Crippen molar-refractivity contribution in [3.63, 3.8) is 0 Å². The Labute approximate surface area is 186 Å². The van der Waals surface area contributed by atoms with E-state index in [4.69, 9.17) is 5.73 Å². The number of rotatable bonds is 5. The Hall–Kier alpha value is -3.92. The second-order valence-electron chi connectivity index (χ2n) is 6.38. The van der Waals surface area contributed by atoms with Crippen molar-refractivity contribution in [1.29, 1.82) is 10.5 Å². The predicted octanol–water partition coefficient (Wildman–Crippen LogP) is 4.41. The Morgan fingerprint density at radius 1 is 1.16 bits per heavy atom. The lowest BCUT2D eigenvalue weighted by Gasteiger charge is -2.12. The molecule has 4 rings (SSSR count). The maximum absolute atomic E-state index is 12.6. The number of nitrogens with two attached hydrogens (primary N) is 1. The van der Waals surface area contributed by atoms with Gasteiger partial charge in [0.1, 0.15) is 28.5 Å². The molecule has 0 aliphatic carbocycles. The fourth-order valence-electron chi connectivity index (χ4n) is 3.13. The molecular weight excluding hydrogens is 428 g/mol. The van der Waals surface area contributed by atoms with E-state index in [1.165, 1.54) is 11.3 Å². The van der Waals surface area contributed by atoms with Gasteiger partial charge in [0.2, 0.25) is 5.91 Å². The van der Waals surface area contributed by atoms with Gasteiger partial charge in [-0.2, -0.15) is 21.9 Å². The monoisotopic (exact) mass is 442 g/mol. The van der Waals surface area contributed by atoms with Crippen LogP contribution in [0.25, 0.3) is 22.0 Å². The van der Waals surface area contributed by atoms with E-state index in [1.54, 1.807) is 18.3 Å². The molecule has 31 heavy (non-hydrogen) atoms. The van der Waals surface area contributed by atoms with Crippen LogP contribution in [0.15, 0.2) is 58.4 Å². The summed E-state index contributed by atoms with van der Waals surface area (Å²) in [7, 11) is 0. The lowest BCUT2D eigenvalue weighted by Crippen LogP contribution is -2.15. The Morgan fingerprint density at radius 2 is 2.00 bits per heavy atom. The van der Waals surface area contributed by atoms with Gasteiger partial charge in [-0.3, -0.25) is 9.78 Å². The van der Waals surface area contributed by atoms with Gasteiger partial charge in [0, 0.05) is 17.1 Å². The molecular formula is C22H14N6OS2. The largest absolute Gasteiger partial charge is 0.383 e. The van der Waals surface area contributed by atoms with E-state index in [-0.39, 0.29) is 28.6 Å². The quantitative estimate of drug-likeness (QED) is 0.438. The van der Waals surface area contributed by atoms with E-state index in [2.05, 4.69) is 21.4 Å². The summed E-state index contributed by atoms with van der Waals surface area (Å²) < 4.78 is 0. The second kappa shape index (κ2) is 8.84. The number of nitrogens with one attached hydrogen (secondary N) is 1. The van der Waals surface area contributed by atoms with Crippen LogP contribution < -0.4 is 11.1 Å². The van der Waals surface area contributed by atoms with Gasteiger partial charge < -0.3 is 11.1 Å². The molecule has 0 saturated heterocycles. The molecule has 0 radical (unpaired) electrons. The Kier molecular flexibility index (Phi) is 5.80. The molecule has 0 aliphatic heterocycles. The molecule has 0 unspecified atom stereocenters. The van der Waals surface area contributed by atoms with E-state index >= 15 is 0 Å². The van der Waals surface area contributed by atoms with E-state index in [0.29, 0.717) is 16.3 Å². The number of fused-ring (bicyclic) bond motifs is 1. The number of nitriles is 2. The molecule has 1 aromatic carbocycles. The number of nitrogens with zero attached hydrogens (tertiary/aromatic N) is 4. The number of amides is 1. The molecule has 9 heteroatoms. The van der Waals surface area contributed by atoms with Gasteiger partial charge >= 0.3 is 0 Å². The molecule has 0 aliphatic rings. The normalized spacial score (nSPS) is 10.4. The number of hydrogen-bond donors (Lipinski definition) is 2. The Morgan fingerprint density at radius 3 is 2.74 bits per heavy atom. The van der Waals surface area contributed by atoms with Crippen LogP contribution in [-0.4, -0.2) is 21.6 Å². The van der Waals surface area contributed by atoms with E-state index in [1.807, 2.05) is 41.1 Å². The minimum absolute atomic E-state index is 0.0206. The number of nitrogen functional groups attached to an aromatic ring is 1. The topological polar surface area (TPSA) is 128 Å². The highest BCUT2D eigenvalue weighted by Crippen LogP contribution is 2.36. The molecule has 3 heterocycles. The lowest BCUT2D eigenvalue weighted by atomic mass is 9.99. The highest BCUT2D eigenvalue weighted by atomic mass is 32.2. The fourth-order valence-corrected chi connectivity index (χ4v) is 4.57. The predicted molar refractivity (Wildman–Crippen MR) is 122 cm³/mol. The van der Waals surface area contributed by atoms with Crippen molar-refractivity contribution in [2.24, 2.45) is 0 Å². The zero-order chi connectivity index (χ0) is 21.8. The van der Waals surface area contributed by atoms with Crippen LogP contribution in [-0.2, 0) is 4.79 Å². The minimum atomic E-state index is -0.257. The smallest absolute Gasteiger partial charge is 0.234 e. The average Bonchev–Trinajstić information content (AvgIpc) is 3.32. The minimum Gasteiger partial charge on any atom is -0.383 e. The first-order chi connectivity index (χ1) is 15.1. The average molecular weight is 443 g/mol. The van der Waals surface area contributed by atoms with Crippen LogP contribution >= 0.6 is 23.1 Å². The molecule has 150 valence electrons. The number of carbonyl (C=O) groups excluding carboxylic acids is 1. The lowest BCUT2D eigenvalue weighted by molar-refractivity contribution is -0.113. The zero-order valence-corrected chi connectivity index (χ0v) is 17.6. The van der Waals surface area contributed by atoms with Crippen molar-refractivity contribution in [2.75, 3.05) is 16.8 Å². The molecule has 3 N–H and O–H groups in total. The number of hydrogen-bond acceptors (Lipinski definition) is 8. The third kappa shape index (κ3) is 4.05. The Bertz CT molecular complexity index is 1360. The van der Waals surface area contributed by atoms with E-state index in [9.17, 15) is 15.3 Å². The summed E-state index contributed by atoms with van der Waals surface area (Å²) in [5.74, 6) is -0.204. The highest BCUT2D eigenvalue weighted by molar-refractivity contribution is 8.00.